The van der Waals surface area contributed by atoms with Crippen LogP contribution in [0.25, 0.3) is 0 Å². The van der Waals surface area contributed by atoms with E-state index in [1.54, 1.807) is 0 Å². The number of rotatable bonds is 6. The standard InChI is InChI=1S/C22H30N2O.CH2O2/c1-23(2)21-18-24(16-9-12-19-10-5-3-6-11-19)17-15-22(21,25)20-13-7-4-8-14-20;2-1-3/h3-8,10-11,13-14,21,25H,9,12,15-18H2,1-2H3;1H,(H,2,3)/t21-,22+;/m1./s1. The molecular weight excluding hydrogens is 352 g/mol. The first kappa shape index (κ1) is 22.1. The van der Waals surface area contributed by atoms with Gasteiger partial charge >= 0.3 is 0 Å². The van der Waals surface area contributed by atoms with Crippen molar-refractivity contribution in [2.24, 2.45) is 0 Å². The second kappa shape index (κ2) is 11.0. The van der Waals surface area contributed by atoms with Crippen LogP contribution in [0.15, 0.2) is 60.7 Å². The molecule has 1 aliphatic heterocycles. The van der Waals surface area contributed by atoms with E-state index >= 15 is 0 Å². The smallest absolute Gasteiger partial charge is 0.290 e. The van der Waals surface area contributed by atoms with Gasteiger partial charge in [0.25, 0.3) is 6.47 Å². The van der Waals surface area contributed by atoms with Crippen molar-refractivity contribution < 1.29 is 15.0 Å². The van der Waals surface area contributed by atoms with Crippen LogP contribution in [0, 0.1) is 0 Å². The third-order valence-electron chi connectivity index (χ3n) is 5.47. The molecule has 1 fully saturated rings. The zero-order valence-corrected chi connectivity index (χ0v) is 16.9. The highest BCUT2D eigenvalue weighted by Crippen LogP contribution is 2.35. The Labute approximate surface area is 168 Å². The number of carbonyl (C=O) groups is 1. The molecule has 0 bridgehead atoms. The minimum Gasteiger partial charge on any atom is -0.483 e. The van der Waals surface area contributed by atoms with E-state index in [0.717, 1.165) is 44.5 Å². The molecule has 5 heteroatoms. The highest BCUT2D eigenvalue weighted by Gasteiger charge is 2.43. The molecule has 1 heterocycles. The summed E-state index contributed by atoms with van der Waals surface area (Å²) in [4.78, 5) is 13.0. The number of hydrogen-bond donors (Lipinski definition) is 2. The Hall–Kier alpha value is -2.21. The van der Waals surface area contributed by atoms with Gasteiger partial charge in [0.1, 0.15) is 5.60 Å². The van der Waals surface area contributed by atoms with Crippen LogP contribution in [0.5, 0.6) is 0 Å². The predicted molar refractivity (Wildman–Crippen MR) is 112 cm³/mol. The molecule has 0 saturated carbocycles. The first-order valence-corrected chi connectivity index (χ1v) is 9.79. The van der Waals surface area contributed by atoms with E-state index in [1.165, 1.54) is 5.56 Å². The van der Waals surface area contributed by atoms with Gasteiger partial charge in [-0.2, -0.15) is 0 Å². The number of likely N-dealkylation sites (N-methyl/N-ethyl adjacent to an activating group) is 1. The Morgan fingerprint density at radius 2 is 1.68 bits per heavy atom. The van der Waals surface area contributed by atoms with E-state index in [2.05, 4.69) is 66.4 Å². The van der Waals surface area contributed by atoms with Crippen molar-refractivity contribution in [3.05, 3.63) is 71.8 Å². The molecule has 28 heavy (non-hydrogen) atoms. The SMILES string of the molecule is CN(C)[C@@H]1CN(CCCc2ccccc2)CC[C@]1(O)c1ccccc1.O=CO. The molecule has 0 aliphatic carbocycles. The maximum absolute atomic E-state index is 11.4. The van der Waals surface area contributed by atoms with Crippen LogP contribution in [0.1, 0.15) is 24.0 Å². The van der Waals surface area contributed by atoms with Crippen molar-refractivity contribution in [2.45, 2.75) is 30.9 Å². The summed E-state index contributed by atoms with van der Waals surface area (Å²) < 4.78 is 0. The van der Waals surface area contributed by atoms with Crippen LogP contribution in [0.3, 0.4) is 0 Å². The molecule has 5 nitrogen and oxygen atoms in total. The van der Waals surface area contributed by atoms with Crippen molar-refractivity contribution in [3.63, 3.8) is 0 Å². The molecule has 1 saturated heterocycles. The zero-order valence-electron chi connectivity index (χ0n) is 16.9. The minimum atomic E-state index is -0.763. The van der Waals surface area contributed by atoms with Gasteiger partial charge in [0.2, 0.25) is 0 Å². The lowest BCUT2D eigenvalue weighted by molar-refractivity contribution is -0.122. The highest BCUT2D eigenvalue weighted by atomic mass is 16.3. The van der Waals surface area contributed by atoms with Gasteiger partial charge in [0.05, 0.1) is 6.04 Å². The van der Waals surface area contributed by atoms with E-state index in [1.807, 2.05) is 18.2 Å². The summed E-state index contributed by atoms with van der Waals surface area (Å²) in [6.07, 6.45) is 3.06. The van der Waals surface area contributed by atoms with Crippen LogP contribution in [0.2, 0.25) is 0 Å². The zero-order chi connectivity index (χ0) is 20.4. The van der Waals surface area contributed by atoms with E-state index in [9.17, 15) is 5.11 Å². The van der Waals surface area contributed by atoms with E-state index < -0.39 is 5.60 Å². The molecule has 2 aromatic carbocycles. The lowest BCUT2D eigenvalue weighted by Crippen LogP contribution is -2.59. The lowest BCUT2D eigenvalue weighted by Gasteiger charge is -2.47. The molecule has 3 rings (SSSR count). The van der Waals surface area contributed by atoms with E-state index in [-0.39, 0.29) is 12.5 Å². The Morgan fingerprint density at radius 1 is 1.11 bits per heavy atom. The van der Waals surface area contributed by atoms with Gasteiger partial charge < -0.3 is 20.0 Å². The third-order valence-corrected chi connectivity index (χ3v) is 5.47. The molecule has 1 aliphatic rings. The van der Waals surface area contributed by atoms with Gasteiger partial charge in [-0.1, -0.05) is 60.7 Å². The molecule has 0 unspecified atom stereocenters. The summed E-state index contributed by atoms with van der Waals surface area (Å²) in [5.41, 5.74) is 1.68. The fourth-order valence-corrected chi connectivity index (χ4v) is 3.99. The Balaban J connectivity index is 0.000000878. The number of nitrogens with zero attached hydrogens (tertiary/aromatic N) is 2. The van der Waals surface area contributed by atoms with E-state index in [4.69, 9.17) is 9.90 Å². The largest absolute Gasteiger partial charge is 0.483 e. The summed E-state index contributed by atoms with van der Waals surface area (Å²) in [5, 5.41) is 18.3. The molecule has 2 aromatic rings. The Kier molecular flexibility index (Phi) is 8.64. The van der Waals surface area contributed by atoms with Crippen LogP contribution in [-0.2, 0) is 16.8 Å². The molecule has 152 valence electrons. The molecule has 2 atom stereocenters. The minimum absolute atomic E-state index is 0.111. The van der Waals surface area contributed by atoms with Gasteiger partial charge in [0.15, 0.2) is 0 Å². The summed E-state index contributed by atoms with van der Waals surface area (Å²) in [6, 6.07) is 21.0. The number of carboxylic acid groups (broad SMARTS) is 1. The van der Waals surface area contributed by atoms with Gasteiger partial charge in [-0.05, 0) is 51.0 Å². The summed E-state index contributed by atoms with van der Waals surface area (Å²) in [7, 11) is 4.15. The van der Waals surface area contributed by atoms with Crippen molar-refractivity contribution >= 4 is 6.47 Å². The van der Waals surface area contributed by atoms with Crippen LogP contribution in [-0.4, -0.2) is 66.3 Å². The lowest BCUT2D eigenvalue weighted by atomic mass is 9.80. The monoisotopic (exact) mass is 384 g/mol. The van der Waals surface area contributed by atoms with Crippen molar-refractivity contribution in [1.82, 2.24) is 9.80 Å². The topological polar surface area (TPSA) is 64.0 Å². The van der Waals surface area contributed by atoms with Crippen LogP contribution >= 0.6 is 0 Å². The predicted octanol–water partition coefficient (Wildman–Crippen LogP) is 2.84. The normalized spacial score (nSPS) is 22.4. The summed E-state index contributed by atoms with van der Waals surface area (Å²) in [6.45, 7) is 2.70. The highest BCUT2D eigenvalue weighted by molar-refractivity contribution is 5.32. The summed E-state index contributed by atoms with van der Waals surface area (Å²) in [5.74, 6) is 0. The Morgan fingerprint density at radius 3 is 2.25 bits per heavy atom. The van der Waals surface area contributed by atoms with Crippen molar-refractivity contribution in [3.8, 4) is 0 Å². The molecule has 2 N–H and O–H groups in total. The van der Waals surface area contributed by atoms with Gasteiger partial charge in [0, 0.05) is 13.1 Å². The number of piperidine rings is 1. The number of hydrogen-bond acceptors (Lipinski definition) is 4. The average molecular weight is 385 g/mol. The molecular formula is C23H32N2O3. The second-order valence-electron chi connectivity index (χ2n) is 7.51. The maximum atomic E-state index is 11.4. The average Bonchev–Trinajstić information content (AvgIpc) is 2.71. The molecule has 0 spiro atoms. The second-order valence-corrected chi connectivity index (χ2v) is 7.51. The number of benzene rings is 2. The fraction of sp³-hybridized carbons (Fsp3) is 0.435. The molecule has 0 aromatic heterocycles. The van der Waals surface area contributed by atoms with Gasteiger partial charge in [-0.3, -0.25) is 4.79 Å². The summed E-state index contributed by atoms with van der Waals surface area (Å²) >= 11 is 0. The van der Waals surface area contributed by atoms with Crippen LogP contribution < -0.4 is 0 Å². The Bertz CT molecular complexity index is 694. The maximum Gasteiger partial charge on any atom is 0.290 e. The quantitative estimate of drug-likeness (QED) is 0.750. The van der Waals surface area contributed by atoms with Crippen molar-refractivity contribution in [1.29, 1.82) is 0 Å². The van der Waals surface area contributed by atoms with Gasteiger partial charge in [-0.15, -0.1) is 0 Å². The number of likely N-dealkylation sites (tertiary alicyclic amines) is 1. The fourth-order valence-electron chi connectivity index (χ4n) is 3.99. The van der Waals surface area contributed by atoms with Crippen LogP contribution in [0.4, 0.5) is 0 Å². The first-order chi connectivity index (χ1) is 13.5. The van der Waals surface area contributed by atoms with Gasteiger partial charge in [-0.25, -0.2) is 0 Å². The molecule has 0 radical (unpaired) electrons. The van der Waals surface area contributed by atoms with Crippen molar-refractivity contribution in [2.75, 3.05) is 33.7 Å². The number of aryl methyl sites for hydroxylation is 1. The number of aliphatic hydroxyl groups is 1. The third kappa shape index (κ3) is 5.89. The first-order valence-electron chi connectivity index (χ1n) is 9.79. The van der Waals surface area contributed by atoms with E-state index in [0.29, 0.717) is 0 Å². The molecule has 0 amide bonds.